The molecular weight excluding hydrogens is 729 g/mol. The van der Waals surface area contributed by atoms with E-state index in [4.69, 9.17) is 0 Å². The first-order chi connectivity index (χ1) is 26.7. The average molecular weight is 777 g/mol. The summed E-state index contributed by atoms with van der Waals surface area (Å²) in [5.41, 5.74) is 10.7. The number of unbranched alkanes of at least 4 members (excludes halogenated alkanes) is 6. The van der Waals surface area contributed by atoms with Gasteiger partial charge < -0.3 is 0 Å². The van der Waals surface area contributed by atoms with E-state index in [2.05, 4.69) is 145 Å². The lowest BCUT2D eigenvalue weighted by Gasteiger charge is -2.09. The summed E-state index contributed by atoms with van der Waals surface area (Å²) >= 11 is 7.42. The van der Waals surface area contributed by atoms with Gasteiger partial charge in [-0.1, -0.05) is 137 Å². The molecule has 0 aliphatic heterocycles. The minimum atomic E-state index is 1.18. The third-order valence-corrected chi connectivity index (χ3v) is 14.5. The first-order valence-electron chi connectivity index (χ1n) is 19.7. The van der Waals surface area contributed by atoms with E-state index in [-0.39, 0.29) is 0 Å². The fourth-order valence-electron chi connectivity index (χ4n) is 7.70. The van der Waals surface area contributed by atoms with E-state index >= 15 is 0 Å². The van der Waals surface area contributed by atoms with Crippen LogP contribution in [-0.2, 0) is 12.8 Å². The fourth-order valence-corrected chi connectivity index (χ4v) is 11.5. The second-order valence-corrected chi connectivity index (χ2v) is 18.1. The van der Waals surface area contributed by atoms with Crippen LogP contribution in [0.1, 0.15) is 110 Å². The summed E-state index contributed by atoms with van der Waals surface area (Å²) in [5.74, 6) is 0. The molecule has 0 fully saturated rings. The van der Waals surface area contributed by atoms with Gasteiger partial charge in [-0.05, 0) is 93.7 Å². The van der Waals surface area contributed by atoms with Gasteiger partial charge in [0.1, 0.15) is 0 Å². The van der Waals surface area contributed by atoms with Crippen LogP contribution in [0.2, 0.25) is 0 Å². The zero-order valence-corrected chi connectivity index (χ0v) is 34.7. The van der Waals surface area contributed by atoms with Gasteiger partial charge >= 0.3 is 0 Å². The smallest absolute Gasteiger partial charge is 0.0428 e. The van der Waals surface area contributed by atoms with E-state index in [1.54, 1.807) is 0 Å². The molecule has 272 valence electrons. The summed E-state index contributed by atoms with van der Waals surface area (Å²) < 4.78 is 5.43. The summed E-state index contributed by atoms with van der Waals surface area (Å²) in [6, 6.07) is 27.6. The minimum Gasteiger partial charge on any atom is -0.143 e. The van der Waals surface area contributed by atoms with Gasteiger partial charge in [-0.25, -0.2) is 0 Å². The number of hydrogen-bond acceptors (Lipinski definition) is 4. The molecule has 0 unspecified atom stereocenters. The van der Waals surface area contributed by atoms with Crippen molar-refractivity contribution in [3.63, 3.8) is 0 Å². The van der Waals surface area contributed by atoms with Crippen molar-refractivity contribution in [1.29, 1.82) is 0 Å². The van der Waals surface area contributed by atoms with Crippen molar-refractivity contribution >= 4 is 122 Å². The van der Waals surface area contributed by atoms with E-state index in [0.29, 0.717) is 0 Å². The van der Waals surface area contributed by atoms with Crippen molar-refractivity contribution in [2.45, 2.75) is 78.1 Å². The van der Waals surface area contributed by atoms with Gasteiger partial charge in [0.25, 0.3) is 0 Å². The second-order valence-electron chi connectivity index (χ2n) is 14.4. The van der Waals surface area contributed by atoms with Crippen LogP contribution in [0.3, 0.4) is 0 Å². The minimum absolute atomic E-state index is 1.18. The molecule has 4 aromatic carbocycles. The zero-order chi connectivity index (χ0) is 36.7. The summed E-state index contributed by atoms with van der Waals surface area (Å²) in [6.45, 7) is 4.55. The number of benzene rings is 4. The maximum Gasteiger partial charge on any atom is 0.0428 e. The highest BCUT2D eigenvalue weighted by Crippen LogP contribution is 2.43. The summed E-state index contributed by atoms with van der Waals surface area (Å²) in [5, 5.41) is 14.4. The van der Waals surface area contributed by atoms with Crippen LogP contribution in [0.25, 0.3) is 76.8 Å². The lowest BCUT2D eigenvalue weighted by atomic mass is 9.98. The van der Waals surface area contributed by atoms with Crippen LogP contribution in [-0.4, -0.2) is 0 Å². The van der Waals surface area contributed by atoms with Crippen LogP contribution in [0.15, 0.2) is 94.3 Å². The van der Waals surface area contributed by atoms with Crippen LogP contribution < -0.4 is 0 Å². The fraction of sp³-hybridized carbons (Fsp3) is 0.240. The van der Waals surface area contributed by atoms with Crippen molar-refractivity contribution in [2.24, 2.45) is 0 Å². The zero-order valence-electron chi connectivity index (χ0n) is 31.4. The maximum atomic E-state index is 2.39. The molecule has 0 amide bonds. The van der Waals surface area contributed by atoms with Crippen LogP contribution in [0.4, 0.5) is 0 Å². The Kier molecular flexibility index (Phi) is 12.0. The summed E-state index contributed by atoms with van der Waals surface area (Å²) in [6.07, 6.45) is 26.9. The topological polar surface area (TPSA) is 0 Å². The molecule has 4 heteroatoms. The Hall–Kier alpha value is -4.06. The highest BCUT2D eigenvalue weighted by atomic mass is 32.1. The Morgan fingerprint density at radius 1 is 0.352 bits per heavy atom. The summed E-state index contributed by atoms with van der Waals surface area (Å²) in [7, 11) is 0. The first kappa shape index (κ1) is 36.9. The Morgan fingerprint density at radius 2 is 0.667 bits per heavy atom. The molecule has 0 nitrogen and oxygen atoms in total. The molecule has 0 N–H and O–H groups in total. The van der Waals surface area contributed by atoms with Crippen molar-refractivity contribution in [1.82, 2.24) is 0 Å². The predicted molar refractivity (Wildman–Crippen MR) is 250 cm³/mol. The van der Waals surface area contributed by atoms with E-state index < -0.39 is 0 Å². The second kappa shape index (κ2) is 17.6. The van der Waals surface area contributed by atoms with E-state index in [1.807, 2.05) is 45.3 Å². The molecule has 0 atom stereocenters. The highest BCUT2D eigenvalue weighted by molar-refractivity contribution is 7.20. The number of aryl methyl sites for hydroxylation is 2. The SMILES string of the molecule is CCCCCCc1ccc(/C=C/c2c3ccsc3c(/C=C/c3c4ccsc4c(/C=C/c4ccc(CCCCCC)cc4)c4ccsc34)c3ccsc23)cc1. The molecule has 4 aromatic heterocycles. The van der Waals surface area contributed by atoms with Gasteiger partial charge in [-0.2, -0.15) is 0 Å². The molecule has 0 saturated heterocycles. The number of thiophene rings is 4. The molecular formula is C50H48S4. The molecule has 8 rings (SSSR count). The lowest BCUT2D eigenvalue weighted by Crippen LogP contribution is -1.86. The van der Waals surface area contributed by atoms with Crippen molar-refractivity contribution < 1.29 is 0 Å². The quantitative estimate of drug-likeness (QED) is 0.0677. The monoisotopic (exact) mass is 776 g/mol. The van der Waals surface area contributed by atoms with E-state index in [0.717, 1.165) is 0 Å². The Balaban J connectivity index is 1.08. The largest absolute Gasteiger partial charge is 0.143 e. The Morgan fingerprint density at radius 3 is 0.981 bits per heavy atom. The lowest BCUT2D eigenvalue weighted by molar-refractivity contribution is 0.667. The van der Waals surface area contributed by atoms with Gasteiger partial charge in [-0.15, -0.1) is 45.3 Å². The van der Waals surface area contributed by atoms with E-state index in [1.165, 1.54) is 149 Å². The molecule has 0 bridgehead atoms. The first-order valence-corrected chi connectivity index (χ1v) is 23.3. The van der Waals surface area contributed by atoms with Gasteiger partial charge in [0.05, 0.1) is 0 Å². The molecule has 4 heterocycles. The molecule has 0 saturated carbocycles. The normalized spacial score (nSPS) is 12.4. The summed E-state index contributed by atoms with van der Waals surface area (Å²) in [4.78, 5) is 0. The molecule has 0 radical (unpaired) electrons. The van der Waals surface area contributed by atoms with Gasteiger partial charge in [0.2, 0.25) is 0 Å². The standard InChI is InChI=1S/C50H48S4/c1-3-5-7-9-11-35-13-17-37(18-14-35)21-23-39-43-27-31-53-49(43)41(45-29-33-51-47(39)45)25-26-42-46-30-34-52-48(46)40(44-28-32-54-50(42)44)24-22-38-19-15-36(16-20-38)12-10-8-6-4-2/h13-34H,3-12H2,1-2H3/b23-21+,24-22+,26-25+. The number of hydrogen-bond donors (Lipinski definition) is 0. The van der Waals surface area contributed by atoms with Crippen LogP contribution in [0.5, 0.6) is 0 Å². The molecule has 0 aliphatic carbocycles. The Labute approximate surface area is 336 Å². The van der Waals surface area contributed by atoms with Gasteiger partial charge in [0.15, 0.2) is 0 Å². The van der Waals surface area contributed by atoms with Gasteiger partial charge in [-0.3, -0.25) is 0 Å². The van der Waals surface area contributed by atoms with Crippen LogP contribution in [0, 0.1) is 0 Å². The van der Waals surface area contributed by atoms with Crippen molar-refractivity contribution in [3.05, 3.63) is 139 Å². The van der Waals surface area contributed by atoms with E-state index in [9.17, 15) is 0 Å². The highest BCUT2D eigenvalue weighted by Gasteiger charge is 2.16. The molecule has 0 spiro atoms. The van der Waals surface area contributed by atoms with Crippen molar-refractivity contribution in [2.75, 3.05) is 0 Å². The number of rotatable bonds is 16. The number of fused-ring (bicyclic) bond motifs is 4. The third-order valence-electron chi connectivity index (χ3n) is 10.7. The average Bonchev–Trinajstić information content (AvgIpc) is 4.04. The predicted octanol–water partition coefficient (Wildman–Crippen LogP) is 17.3. The third kappa shape index (κ3) is 8.00. The van der Waals surface area contributed by atoms with Crippen molar-refractivity contribution in [3.8, 4) is 0 Å². The van der Waals surface area contributed by atoms with Gasteiger partial charge in [0, 0.05) is 62.6 Å². The molecule has 0 aliphatic rings. The maximum absolute atomic E-state index is 2.39. The Bertz CT molecular complexity index is 2280. The van der Waals surface area contributed by atoms with Crippen LogP contribution >= 0.6 is 45.3 Å². The molecule has 54 heavy (non-hydrogen) atoms. The molecule has 8 aromatic rings.